The van der Waals surface area contributed by atoms with E-state index in [1.54, 1.807) is 0 Å². The van der Waals surface area contributed by atoms with Gasteiger partial charge in [-0.25, -0.2) is 0 Å². The van der Waals surface area contributed by atoms with Crippen LogP contribution in [-0.2, 0) is 4.79 Å². The number of carbonyl (C=O) groups is 1. The number of benzene rings is 1. The summed E-state index contributed by atoms with van der Waals surface area (Å²) in [6, 6.07) is 7.78. The Morgan fingerprint density at radius 1 is 1.29 bits per heavy atom. The lowest BCUT2D eigenvalue weighted by atomic mass is 10.2. The predicted molar refractivity (Wildman–Crippen MR) is 74.8 cm³/mol. The molecule has 0 aliphatic carbocycles. The molecule has 1 rings (SSSR count). The minimum absolute atomic E-state index is 0. The molecule has 1 aromatic rings. The van der Waals surface area contributed by atoms with E-state index in [4.69, 9.17) is 0 Å². The lowest BCUT2D eigenvalue weighted by molar-refractivity contribution is -0.115. The van der Waals surface area contributed by atoms with Gasteiger partial charge in [0.2, 0.25) is 5.91 Å². The lowest BCUT2D eigenvalue weighted by Crippen LogP contribution is -2.30. The van der Waals surface area contributed by atoms with Gasteiger partial charge in [0.25, 0.3) is 0 Å². The zero-order valence-electron chi connectivity index (χ0n) is 10.6. The second kappa shape index (κ2) is 8.09. The van der Waals surface area contributed by atoms with Crippen molar-refractivity contribution in [3.05, 3.63) is 29.8 Å². The highest BCUT2D eigenvalue weighted by Crippen LogP contribution is 2.12. The van der Waals surface area contributed by atoms with Crippen LogP contribution >= 0.6 is 12.4 Å². The SMILES string of the molecule is Cc1ccccc1NC(=O)CNCC(C)C.Cl. The van der Waals surface area contributed by atoms with E-state index < -0.39 is 0 Å². The van der Waals surface area contributed by atoms with Gasteiger partial charge >= 0.3 is 0 Å². The van der Waals surface area contributed by atoms with Gasteiger partial charge in [-0.2, -0.15) is 0 Å². The number of nitrogens with one attached hydrogen (secondary N) is 2. The van der Waals surface area contributed by atoms with Crippen LogP contribution in [0, 0.1) is 12.8 Å². The molecule has 0 heterocycles. The van der Waals surface area contributed by atoms with E-state index in [1.807, 2.05) is 31.2 Å². The minimum Gasteiger partial charge on any atom is -0.325 e. The minimum atomic E-state index is 0. The van der Waals surface area contributed by atoms with Gasteiger partial charge in [-0.15, -0.1) is 12.4 Å². The van der Waals surface area contributed by atoms with Gasteiger partial charge in [-0.05, 0) is 31.0 Å². The second-order valence-corrected chi connectivity index (χ2v) is 4.39. The van der Waals surface area contributed by atoms with Crippen molar-refractivity contribution in [3.8, 4) is 0 Å². The van der Waals surface area contributed by atoms with Crippen LogP contribution in [-0.4, -0.2) is 19.0 Å². The number of hydrogen-bond acceptors (Lipinski definition) is 2. The topological polar surface area (TPSA) is 41.1 Å². The lowest BCUT2D eigenvalue weighted by Gasteiger charge is -2.09. The third-order valence-electron chi connectivity index (χ3n) is 2.26. The highest BCUT2D eigenvalue weighted by Gasteiger charge is 2.03. The zero-order valence-corrected chi connectivity index (χ0v) is 11.4. The van der Waals surface area contributed by atoms with Crippen LogP contribution in [0.4, 0.5) is 5.69 Å². The molecule has 0 unspecified atom stereocenters. The molecule has 17 heavy (non-hydrogen) atoms. The fraction of sp³-hybridized carbons (Fsp3) is 0.462. The first-order valence-electron chi connectivity index (χ1n) is 5.66. The highest BCUT2D eigenvalue weighted by atomic mass is 35.5. The Bertz CT molecular complexity index is 353. The van der Waals surface area contributed by atoms with E-state index in [9.17, 15) is 4.79 Å². The van der Waals surface area contributed by atoms with Crippen LogP contribution in [0.2, 0.25) is 0 Å². The highest BCUT2D eigenvalue weighted by molar-refractivity contribution is 5.92. The summed E-state index contributed by atoms with van der Waals surface area (Å²) in [7, 11) is 0. The van der Waals surface area contributed by atoms with Crippen molar-refractivity contribution >= 4 is 24.0 Å². The van der Waals surface area contributed by atoms with E-state index in [-0.39, 0.29) is 18.3 Å². The molecule has 1 amide bonds. The predicted octanol–water partition coefficient (Wildman–Crippen LogP) is 2.60. The molecular weight excluding hydrogens is 236 g/mol. The molecule has 0 aromatic heterocycles. The van der Waals surface area contributed by atoms with Gasteiger partial charge in [0, 0.05) is 5.69 Å². The average molecular weight is 257 g/mol. The first-order chi connectivity index (χ1) is 7.59. The van der Waals surface area contributed by atoms with E-state index in [1.165, 1.54) is 0 Å². The largest absolute Gasteiger partial charge is 0.325 e. The van der Waals surface area contributed by atoms with Gasteiger partial charge in [0.15, 0.2) is 0 Å². The molecule has 0 aliphatic heterocycles. The van der Waals surface area contributed by atoms with Gasteiger partial charge < -0.3 is 10.6 Å². The van der Waals surface area contributed by atoms with E-state index in [0.29, 0.717) is 12.5 Å². The van der Waals surface area contributed by atoms with Crippen LogP contribution < -0.4 is 10.6 Å². The summed E-state index contributed by atoms with van der Waals surface area (Å²) in [4.78, 5) is 11.6. The number of carbonyl (C=O) groups excluding carboxylic acids is 1. The molecule has 1 aromatic carbocycles. The zero-order chi connectivity index (χ0) is 12.0. The van der Waals surface area contributed by atoms with Crippen molar-refractivity contribution in [3.63, 3.8) is 0 Å². The average Bonchev–Trinajstić information content (AvgIpc) is 2.21. The van der Waals surface area contributed by atoms with Crippen molar-refractivity contribution in [1.29, 1.82) is 0 Å². The molecule has 3 nitrogen and oxygen atoms in total. The monoisotopic (exact) mass is 256 g/mol. The number of halogens is 1. The van der Waals surface area contributed by atoms with Crippen molar-refractivity contribution in [2.45, 2.75) is 20.8 Å². The normalized spacial score (nSPS) is 9.88. The molecule has 0 radical (unpaired) electrons. The molecule has 4 heteroatoms. The van der Waals surface area contributed by atoms with Crippen molar-refractivity contribution in [1.82, 2.24) is 5.32 Å². The molecular formula is C13H21ClN2O. The van der Waals surface area contributed by atoms with Crippen molar-refractivity contribution in [2.75, 3.05) is 18.4 Å². The second-order valence-electron chi connectivity index (χ2n) is 4.39. The molecule has 0 spiro atoms. The van der Waals surface area contributed by atoms with Crippen LogP contribution in [0.3, 0.4) is 0 Å². The van der Waals surface area contributed by atoms with Crippen molar-refractivity contribution < 1.29 is 4.79 Å². The Balaban J connectivity index is 0.00000256. The Morgan fingerprint density at radius 3 is 2.53 bits per heavy atom. The number of para-hydroxylation sites is 1. The number of hydrogen-bond donors (Lipinski definition) is 2. The maximum absolute atomic E-state index is 11.6. The third kappa shape index (κ3) is 6.29. The Kier molecular flexibility index (Phi) is 7.59. The summed E-state index contributed by atoms with van der Waals surface area (Å²) in [5.41, 5.74) is 1.97. The number of aryl methyl sites for hydroxylation is 1. The van der Waals surface area contributed by atoms with Gasteiger partial charge in [-0.1, -0.05) is 32.0 Å². The van der Waals surface area contributed by atoms with Gasteiger partial charge in [0.1, 0.15) is 0 Å². The molecule has 0 aliphatic rings. The summed E-state index contributed by atoms with van der Waals surface area (Å²) in [5.74, 6) is 0.571. The molecule has 96 valence electrons. The maximum Gasteiger partial charge on any atom is 0.238 e. The Hall–Kier alpha value is -1.06. The maximum atomic E-state index is 11.6. The summed E-state index contributed by atoms with van der Waals surface area (Å²) in [6.07, 6.45) is 0. The molecule has 0 saturated carbocycles. The summed E-state index contributed by atoms with van der Waals surface area (Å²) < 4.78 is 0. The van der Waals surface area contributed by atoms with Gasteiger partial charge in [0.05, 0.1) is 6.54 Å². The van der Waals surface area contributed by atoms with Crippen LogP contribution in [0.25, 0.3) is 0 Å². The summed E-state index contributed by atoms with van der Waals surface area (Å²) in [6.45, 7) is 7.45. The molecule has 0 atom stereocenters. The molecule has 0 bridgehead atoms. The summed E-state index contributed by atoms with van der Waals surface area (Å²) in [5, 5.41) is 5.99. The van der Waals surface area contributed by atoms with Crippen LogP contribution in [0.5, 0.6) is 0 Å². The van der Waals surface area contributed by atoms with E-state index in [2.05, 4.69) is 24.5 Å². The first-order valence-corrected chi connectivity index (χ1v) is 5.66. The Morgan fingerprint density at radius 2 is 1.94 bits per heavy atom. The molecule has 0 fully saturated rings. The van der Waals surface area contributed by atoms with Crippen LogP contribution in [0.1, 0.15) is 19.4 Å². The molecule has 2 N–H and O–H groups in total. The number of anilines is 1. The van der Waals surface area contributed by atoms with Gasteiger partial charge in [-0.3, -0.25) is 4.79 Å². The quantitative estimate of drug-likeness (QED) is 0.850. The standard InChI is InChI=1S/C13H20N2O.ClH/c1-10(2)8-14-9-13(16)15-12-7-5-4-6-11(12)3;/h4-7,10,14H,8-9H2,1-3H3,(H,15,16);1H. The fourth-order valence-corrected chi connectivity index (χ4v) is 1.38. The third-order valence-corrected chi connectivity index (χ3v) is 2.26. The van der Waals surface area contributed by atoms with E-state index >= 15 is 0 Å². The first kappa shape index (κ1) is 15.9. The van der Waals surface area contributed by atoms with Crippen molar-refractivity contribution in [2.24, 2.45) is 5.92 Å². The van der Waals surface area contributed by atoms with Crippen LogP contribution in [0.15, 0.2) is 24.3 Å². The van der Waals surface area contributed by atoms with E-state index in [0.717, 1.165) is 17.8 Å². The number of amides is 1. The smallest absolute Gasteiger partial charge is 0.238 e. The Labute approximate surface area is 109 Å². The summed E-state index contributed by atoms with van der Waals surface area (Å²) >= 11 is 0. The molecule has 0 saturated heterocycles. The fourth-order valence-electron chi connectivity index (χ4n) is 1.38. The number of rotatable bonds is 5.